The van der Waals surface area contributed by atoms with E-state index >= 15 is 0 Å². The van der Waals surface area contributed by atoms with E-state index in [1.807, 2.05) is 0 Å². The lowest BCUT2D eigenvalue weighted by Crippen LogP contribution is -2.49. The molecule has 1 unspecified atom stereocenters. The van der Waals surface area contributed by atoms with Crippen molar-refractivity contribution in [3.05, 3.63) is 0 Å². The van der Waals surface area contributed by atoms with E-state index in [9.17, 15) is 4.79 Å². The van der Waals surface area contributed by atoms with Crippen molar-refractivity contribution in [3.63, 3.8) is 0 Å². The molecule has 1 saturated carbocycles. The summed E-state index contributed by atoms with van der Waals surface area (Å²) in [6.45, 7) is 1.16. The smallest absolute Gasteiger partial charge is 0.137 e. The monoisotopic (exact) mass is 167 g/mol. The van der Waals surface area contributed by atoms with Crippen LogP contribution in [0.1, 0.15) is 38.5 Å². The van der Waals surface area contributed by atoms with Crippen molar-refractivity contribution in [1.29, 1.82) is 0 Å². The summed E-state index contributed by atoms with van der Waals surface area (Å²) in [6.07, 6.45) is 8.80. The van der Waals surface area contributed by atoms with Crippen molar-refractivity contribution in [1.82, 2.24) is 4.90 Å². The summed E-state index contributed by atoms with van der Waals surface area (Å²) in [5.41, 5.74) is 0. The van der Waals surface area contributed by atoms with Crippen LogP contribution in [0.25, 0.3) is 0 Å². The molecule has 2 fully saturated rings. The van der Waals surface area contributed by atoms with Crippen molar-refractivity contribution < 1.29 is 4.79 Å². The van der Waals surface area contributed by atoms with Gasteiger partial charge < -0.3 is 4.79 Å². The average Bonchev–Trinajstić information content (AvgIpc) is 2.02. The number of rotatable bonds is 2. The van der Waals surface area contributed by atoms with Crippen molar-refractivity contribution in [2.75, 3.05) is 6.54 Å². The van der Waals surface area contributed by atoms with Crippen LogP contribution in [0.15, 0.2) is 0 Å². The number of likely N-dealkylation sites (tertiary alicyclic amines) is 1. The fourth-order valence-electron chi connectivity index (χ4n) is 2.30. The van der Waals surface area contributed by atoms with Gasteiger partial charge in [0.15, 0.2) is 0 Å². The van der Waals surface area contributed by atoms with Crippen LogP contribution < -0.4 is 0 Å². The topological polar surface area (TPSA) is 20.3 Å². The molecular weight excluding hydrogens is 150 g/mol. The van der Waals surface area contributed by atoms with Crippen LogP contribution in [-0.2, 0) is 4.79 Å². The molecule has 0 radical (unpaired) electrons. The highest BCUT2D eigenvalue weighted by Gasteiger charge is 2.31. The molecular formula is C10H17NO. The average molecular weight is 167 g/mol. The first-order valence-electron chi connectivity index (χ1n) is 5.13. The van der Waals surface area contributed by atoms with Crippen molar-refractivity contribution in [2.45, 2.75) is 50.6 Å². The van der Waals surface area contributed by atoms with Crippen molar-refractivity contribution in [2.24, 2.45) is 0 Å². The van der Waals surface area contributed by atoms with E-state index in [-0.39, 0.29) is 6.04 Å². The molecule has 0 aromatic rings. The van der Waals surface area contributed by atoms with Crippen LogP contribution in [0.4, 0.5) is 0 Å². The largest absolute Gasteiger partial charge is 0.302 e. The van der Waals surface area contributed by atoms with Crippen LogP contribution in [0.5, 0.6) is 0 Å². The second kappa shape index (κ2) is 3.56. The van der Waals surface area contributed by atoms with Crippen molar-refractivity contribution in [3.8, 4) is 0 Å². The van der Waals surface area contributed by atoms with Gasteiger partial charge in [-0.1, -0.05) is 12.8 Å². The van der Waals surface area contributed by atoms with E-state index < -0.39 is 0 Å². The Bertz CT molecular complexity index is 165. The van der Waals surface area contributed by atoms with Gasteiger partial charge in [0.05, 0.1) is 6.04 Å². The van der Waals surface area contributed by atoms with Gasteiger partial charge in [0.2, 0.25) is 0 Å². The predicted molar refractivity (Wildman–Crippen MR) is 48.0 cm³/mol. The highest BCUT2D eigenvalue weighted by atomic mass is 16.1. The molecule has 12 heavy (non-hydrogen) atoms. The summed E-state index contributed by atoms with van der Waals surface area (Å²) in [7, 11) is 0. The summed E-state index contributed by atoms with van der Waals surface area (Å²) >= 11 is 0. The maximum absolute atomic E-state index is 10.8. The lowest BCUT2D eigenvalue weighted by Gasteiger charge is -2.43. The molecule has 0 N–H and O–H groups in total. The number of nitrogens with zero attached hydrogens (tertiary/aromatic N) is 1. The number of hydrogen-bond donors (Lipinski definition) is 0. The molecule has 0 bridgehead atoms. The van der Waals surface area contributed by atoms with Gasteiger partial charge in [-0.25, -0.2) is 0 Å². The third-order valence-corrected chi connectivity index (χ3v) is 3.29. The third kappa shape index (κ3) is 1.40. The number of carbonyl (C=O) groups is 1. The summed E-state index contributed by atoms with van der Waals surface area (Å²) in [6, 6.07) is 1.00. The first-order valence-corrected chi connectivity index (χ1v) is 5.13. The molecule has 0 aromatic carbocycles. The Morgan fingerprint density at radius 3 is 2.50 bits per heavy atom. The third-order valence-electron chi connectivity index (χ3n) is 3.29. The molecule has 2 rings (SSSR count). The molecule has 1 saturated heterocycles. The zero-order valence-corrected chi connectivity index (χ0v) is 7.54. The summed E-state index contributed by atoms with van der Waals surface area (Å²) in [5, 5.41) is 0. The van der Waals surface area contributed by atoms with Crippen molar-refractivity contribution >= 4 is 6.29 Å². The van der Waals surface area contributed by atoms with E-state index in [2.05, 4.69) is 4.90 Å². The molecule has 1 atom stereocenters. The minimum absolute atomic E-state index is 0.254. The Balaban J connectivity index is 1.94. The van der Waals surface area contributed by atoms with Gasteiger partial charge in [0.1, 0.15) is 6.29 Å². The second-order valence-electron chi connectivity index (χ2n) is 4.02. The van der Waals surface area contributed by atoms with Gasteiger partial charge >= 0.3 is 0 Å². The van der Waals surface area contributed by atoms with Crippen LogP contribution in [0.3, 0.4) is 0 Å². The number of hydrogen-bond acceptors (Lipinski definition) is 2. The molecule has 68 valence electrons. The molecule has 0 amide bonds. The fraction of sp³-hybridized carbons (Fsp3) is 0.900. The first-order chi connectivity index (χ1) is 5.92. The van der Waals surface area contributed by atoms with Gasteiger partial charge in [0.25, 0.3) is 0 Å². The van der Waals surface area contributed by atoms with E-state index in [1.54, 1.807) is 0 Å². The Morgan fingerprint density at radius 2 is 1.92 bits per heavy atom. The molecule has 0 spiro atoms. The first kappa shape index (κ1) is 8.24. The molecule has 1 heterocycles. The summed E-state index contributed by atoms with van der Waals surface area (Å²) < 4.78 is 0. The lowest BCUT2D eigenvalue weighted by molar-refractivity contribution is -0.115. The maximum atomic E-state index is 10.8. The van der Waals surface area contributed by atoms with Crippen LogP contribution in [0, 0.1) is 0 Å². The predicted octanol–water partition coefficient (Wildman–Crippen LogP) is 1.59. The van der Waals surface area contributed by atoms with Crippen LogP contribution in [-0.4, -0.2) is 29.8 Å². The minimum Gasteiger partial charge on any atom is -0.302 e. The molecule has 2 heteroatoms. The molecule has 1 aliphatic carbocycles. The molecule has 1 aliphatic heterocycles. The van der Waals surface area contributed by atoms with E-state index in [0.717, 1.165) is 25.3 Å². The second-order valence-corrected chi connectivity index (χ2v) is 4.02. The summed E-state index contributed by atoms with van der Waals surface area (Å²) in [4.78, 5) is 13.2. The van der Waals surface area contributed by atoms with Gasteiger partial charge in [0, 0.05) is 6.04 Å². The maximum Gasteiger partial charge on any atom is 0.137 e. The van der Waals surface area contributed by atoms with Crippen LogP contribution >= 0.6 is 0 Å². The van der Waals surface area contributed by atoms with E-state index in [0.29, 0.717) is 0 Å². The SMILES string of the molecule is O=CC1CCCCN1C1CCC1. The lowest BCUT2D eigenvalue weighted by atomic mass is 9.88. The number of aldehydes is 1. The zero-order chi connectivity index (χ0) is 8.39. The molecule has 2 nitrogen and oxygen atoms in total. The Kier molecular flexibility index (Phi) is 2.45. The van der Waals surface area contributed by atoms with E-state index in [1.165, 1.54) is 32.1 Å². The van der Waals surface area contributed by atoms with E-state index in [4.69, 9.17) is 0 Å². The van der Waals surface area contributed by atoms with Gasteiger partial charge in [-0.3, -0.25) is 4.90 Å². The normalized spacial score (nSPS) is 32.8. The molecule has 0 aromatic heterocycles. The number of piperidine rings is 1. The summed E-state index contributed by atoms with van der Waals surface area (Å²) in [5.74, 6) is 0. The highest BCUT2D eigenvalue weighted by Crippen LogP contribution is 2.29. The fourth-order valence-corrected chi connectivity index (χ4v) is 2.30. The quantitative estimate of drug-likeness (QED) is 0.582. The standard InChI is InChI=1S/C10H17NO/c12-8-10-4-1-2-7-11(10)9-5-3-6-9/h8-10H,1-7H2. The van der Waals surface area contributed by atoms with Gasteiger partial charge in [-0.15, -0.1) is 0 Å². The van der Waals surface area contributed by atoms with Gasteiger partial charge in [-0.05, 0) is 32.2 Å². The Labute approximate surface area is 73.9 Å². The zero-order valence-electron chi connectivity index (χ0n) is 7.54. The molecule has 2 aliphatic rings. The van der Waals surface area contributed by atoms with Crippen LogP contribution in [0.2, 0.25) is 0 Å². The van der Waals surface area contributed by atoms with Gasteiger partial charge in [-0.2, -0.15) is 0 Å². The highest BCUT2D eigenvalue weighted by molar-refractivity contribution is 5.57. The Morgan fingerprint density at radius 1 is 1.08 bits per heavy atom. The number of carbonyl (C=O) groups excluding carboxylic acids is 1. The Hall–Kier alpha value is -0.370. The minimum atomic E-state index is 0.254.